The number of nitrogens with zero attached hydrogens (tertiary/aromatic N) is 1. The zero-order valence-corrected chi connectivity index (χ0v) is 18.2. The van der Waals surface area contributed by atoms with Crippen molar-refractivity contribution < 1.29 is 19.5 Å². The maximum atomic E-state index is 12.6. The first-order chi connectivity index (χ1) is 14.1. The molecular weight excluding hydrogens is 408 g/mol. The van der Waals surface area contributed by atoms with Crippen molar-refractivity contribution in [1.29, 1.82) is 0 Å². The number of carboxylic acid groups (broad SMARTS) is 1. The molecule has 1 aliphatic carbocycles. The third-order valence-corrected chi connectivity index (χ3v) is 6.20. The number of carbonyl (C=O) groups excluding carboxylic acids is 2. The first-order valence-corrected chi connectivity index (χ1v) is 10.5. The van der Waals surface area contributed by atoms with E-state index < -0.39 is 23.9 Å². The highest BCUT2D eigenvalue weighted by Crippen LogP contribution is 2.35. The Morgan fingerprint density at radius 3 is 2.33 bits per heavy atom. The molecular formula is C21H31ClN4O4. The van der Waals surface area contributed by atoms with Crippen molar-refractivity contribution in [3.05, 3.63) is 34.9 Å². The second kappa shape index (κ2) is 10.6. The second-order valence-corrected chi connectivity index (χ2v) is 8.65. The molecule has 1 aromatic carbocycles. The van der Waals surface area contributed by atoms with E-state index in [1.54, 1.807) is 0 Å². The molecule has 5 N–H and O–H groups in total. The molecule has 30 heavy (non-hydrogen) atoms. The average Bonchev–Trinajstić information content (AvgIpc) is 2.68. The monoisotopic (exact) mass is 438 g/mol. The van der Waals surface area contributed by atoms with Crippen molar-refractivity contribution in [2.45, 2.75) is 62.6 Å². The molecule has 9 heteroatoms. The predicted octanol–water partition coefficient (Wildman–Crippen LogP) is 2.14. The van der Waals surface area contributed by atoms with E-state index in [0.29, 0.717) is 5.02 Å². The molecule has 0 aromatic heterocycles. The molecule has 1 unspecified atom stereocenters. The Kier molecular flexibility index (Phi) is 8.49. The van der Waals surface area contributed by atoms with E-state index in [-0.39, 0.29) is 24.4 Å². The minimum Gasteiger partial charge on any atom is -0.465 e. The van der Waals surface area contributed by atoms with E-state index >= 15 is 0 Å². The van der Waals surface area contributed by atoms with Crippen molar-refractivity contribution in [3.8, 4) is 0 Å². The molecule has 0 spiro atoms. The molecule has 8 nitrogen and oxygen atoms in total. The third-order valence-electron chi connectivity index (χ3n) is 5.95. The van der Waals surface area contributed by atoms with Gasteiger partial charge in [-0.1, -0.05) is 23.7 Å². The summed E-state index contributed by atoms with van der Waals surface area (Å²) in [5.74, 6) is -0.991. The molecule has 1 atom stereocenters. The van der Waals surface area contributed by atoms with Gasteiger partial charge in [0.1, 0.15) is 6.04 Å². The first kappa shape index (κ1) is 24.0. The summed E-state index contributed by atoms with van der Waals surface area (Å²) in [6.45, 7) is 0. The van der Waals surface area contributed by atoms with Gasteiger partial charge in [0.25, 0.3) is 0 Å². The Morgan fingerprint density at radius 2 is 1.83 bits per heavy atom. The minimum atomic E-state index is -1.31. The van der Waals surface area contributed by atoms with Crippen LogP contribution in [-0.2, 0) is 16.0 Å². The molecule has 1 aliphatic rings. The molecule has 0 bridgehead atoms. The fourth-order valence-corrected chi connectivity index (χ4v) is 4.20. The van der Waals surface area contributed by atoms with Crippen LogP contribution in [0.5, 0.6) is 0 Å². The number of amides is 3. The lowest BCUT2D eigenvalue weighted by Crippen LogP contribution is -2.54. The number of likely N-dealkylation sites (N-methyl/N-ethyl adjacent to an activating group) is 1. The van der Waals surface area contributed by atoms with Gasteiger partial charge in [0.05, 0.1) is 0 Å². The number of carbonyl (C=O) groups is 3. The van der Waals surface area contributed by atoms with Crippen molar-refractivity contribution in [2.75, 3.05) is 14.1 Å². The second-order valence-electron chi connectivity index (χ2n) is 8.21. The lowest BCUT2D eigenvalue weighted by Gasteiger charge is -2.45. The van der Waals surface area contributed by atoms with E-state index in [9.17, 15) is 14.4 Å². The fourth-order valence-electron chi connectivity index (χ4n) is 4.07. The van der Waals surface area contributed by atoms with Crippen LogP contribution < -0.4 is 16.4 Å². The van der Waals surface area contributed by atoms with E-state index in [2.05, 4.69) is 29.6 Å². The van der Waals surface area contributed by atoms with Crippen molar-refractivity contribution in [1.82, 2.24) is 15.5 Å². The zero-order chi connectivity index (χ0) is 22.3. The fraction of sp³-hybridized carbons (Fsp3) is 0.571. The molecule has 0 heterocycles. The number of rotatable bonds is 9. The van der Waals surface area contributed by atoms with Crippen LogP contribution in [-0.4, -0.2) is 59.6 Å². The normalized spacial score (nSPS) is 22.3. The molecule has 0 saturated heterocycles. The van der Waals surface area contributed by atoms with Crippen LogP contribution >= 0.6 is 11.6 Å². The van der Waals surface area contributed by atoms with E-state index in [0.717, 1.165) is 32.1 Å². The van der Waals surface area contributed by atoms with Crippen LogP contribution in [0.25, 0.3) is 0 Å². The maximum absolute atomic E-state index is 12.6. The van der Waals surface area contributed by atoms with Crippen LogP contribution in [0.1, 0.15) is 44.1 Å². The van der Waals surface area contributed by atoms with E-state index in [4.69, 9.17) is 22.4 Å². The topological polar surface area (TPSA) is 125 Å². The molecule has 2 rings (SSSR count). The van der Waals surface area contributed by atoms with Crippen LogP contribution in [0.3, 0.4) is 0 Å². The maximum Gasteiger partial charge on any atom is 0.405 e. The van der Waals surface area contributed by atoms with Crippen molar-refractivity contribution in [2.24, 2.45) is 5.73 Å². The van der Waals surface area contributed by atoms with Gasteiger partial charge in [-0.05, 0) is 70.3 Å². The number of benzene rings is 1. The van der Waals surface area contributed by atoms with Gasteiger partial charge >= 0.3 is 6.09 Å². The number of primary amides is 1. The molecule has 166 valence electrons. The van der Waals surface area contributed by atoms with Crippen LogP contribution in [0.15, 0.2) is 24.3 Å². The highest BCUT2D eigenvalue weighted by Gasteiger charge is 2.38. The number of nitrogens with two attached hydrogens (primary N) is 1. The summed E-state index contributed by atoms with van der Waals surface area (Å²) >= 11 is 6.00. The molecule has 1 saturated carbocycles. The minimum absolute atomic E-state index is 0.0141. The smallest absolute Gasteiger partial charge is 0.405 e. The standard InChI is InChI=1S/C21H31ClN4O4/c1-26(2)21(13-14-3-5-15(22)6-4-14)11-9-16(10-12-21)24-19(28)17(25-20(29)30)7-8-18(23)27/h3-6,16-17,25H,7-13H2,1-2H3,(H2,23,27)(H,24,28)(H,29,30). The Hall–Kier alpha value is -2.32. The van der Waals surface area contributed by atoms with Gasteiger partial charge < -0.3 is 26.4 Å². The SMILES string of the molecule is CN(C)C1(Cc2ccc(Cl)cc2)CCC(NC(=O)C(CCC(N)=O)NC(=O)O)CC1. The summed E-state index contributed by atoms with van der Waals surface area (Å²) < 4.78 is 0. The summed E-state index contributed by atoms with van der Waals surface area (Å²) in [6.07, 6.45) is 2.92. The number of nitrogens with one attached hydrogen (secondary N) is 2. The molecule has 0 radical (unpaired) electrons. The Bertz CT molecular complexity index is 746. The van der Waals surface area contributed by atoms with Crippen molar-refractivity contribution in [3.63, 3.8) is 0 Å². The van der Waals surface area contributed by atoms with Gasteiger partial charge in [-0.15, -0.1) is 0 Å². The number of hydrogen-bond acceptors (Lipinski definition) is 4. The Morgan fingerprint density at radius 1 is 1.23 bits per heavy atom. The van der Waals surface area contributed by atoms with Gasteiger partial charge in [0, 0.05) is 23.0 Å². The lowest BCUT2D eigenvalue weighted by molar-refractivity contribution is -0.124. The molecule has 1 fully saturated rings. The third kappa shape index (κ3) is 6.88. The van der Waals surface area contributed by atoms with Crippen molar-refractivity contribution >= 4 is 29.5 Å². The highest BCUT2D eigenvalue weighted by molar-refractivity contribution is 6.30. The Balaban J connectivity index is 1.97. The summed E-state index contributed by atoms with van der Waals surface area (Å²) in [5, 5.41) is 14.8. The van der Waals surface area contributed by atoms with Gasteiger partial charge in [0.2, 0.25) is 11.8 Å². The summed E-state index contributed by atoms with van der Waals surface area (Å²) in [6, 6.07) is 6.85. The molecule has 0 aliphatic heterocycles. The van der Waals surface area contributed by atoms with Gasteiger partial charge in [-0.25, -0.2) is 4.79 Å². The van der Waals surface area contributed by atoms with Crippen LogP contribution in [0, 0.1) is 0 Å². The highest BCUT2D eigenvalue weighted by atomic mass is 35.5. The summed E-state index contributed by atoms with van der Waals surface area (Å²) in [5.41, 5.74) is 6.33. The van der Waals surface area contributed by atoms with Crippen LogP contribution in [0.4, 0.5) is 4.79 Å². The van der Waals surface area contributed by atoms with Gasteiger partial charge in [0.15, 0.2) is 0 Å². The largest absolute Gasteiger partial charge is 0.465 e. The molecule has 1 aromatic rings. The summed E-state index contributed by atoms with van der Waals surface area (Å²) in [4.78, 5) is 36.8. The first-order valence-electron chi connectivity index (χ1n) is 10.1. The Labute approximate surface area is 182 Å². The lowest BCUT2D eigenvalue weighted by atomic mass is 9.74. The predicted molar refractivity (Wildman–Crippen MR) is 115 cm³/mol. The number of halogens is 1. The van der Waals surface area contributed by atoms with Gasteiger partial charge in [-0.3, -0.25) is 9.59 Å². The quantitative estimate of drug-likeness (QED) is 0.470. The number of hydrogen-bond donors (Lipinski definition) is 4. The van der Waals surface area contributed by atoms with E-state index in [1.807, 2.05) is 24.3 Å². The zero-order valence-electron chi connectivity index (χ0n) is 17.5. The van der Waals surface area contributed by atoms with Gasteiger partial charge in [-0.2, -0.15) is 0 Å². The molecule has 3 amide bonds. The average molecular weight is 439 g/mol. The van der Waals surface area contributed by atoms with Crippen LogP contribution in [0.2, 0.25) is 5.02 Å². The summed E-state index contributed by atoms with van der Waals surface area (Å²) in [7, 11) is 4.15. The van der Waals surface area contributed by atoms with E-state index in [1.165, 1.54) is 5.56 Å².